The summed E-state index contributed by atoms with van der Waals surface area (Å²) in [6.45, 7) is 27.3. The molecule has 34 heavy (non-hydrogen) atoms. The van der Waals surface area contributed by atoms with Crippen LogP contribution >= 0.6 is 0 Å². The molecule has 0 aromatic heterocycles. The first-order chi connectivity index (χ1) is 15.5. The van der Waals surface area contributed by atoms with Gasteiger partial charge in [-0.15, -0.1) is 0 Å². The Morgan fingerprint density at radius 2 is 0.412 bits per heavy atom. The molecule has 0 radical (unpaired) electrons. The number of rotatable bonds is 8. The summed E-state index contributed by atoms with van der Waals surface area (Å²) in [5, 5.41) is 0. The van der Waals surface area contributed by atoms with Gasteiger partial charge in [0.1, 0.15) is 0 Å². The Bertz CT molecular complexity index is 750. The topological polar surface area (TPSA) is 0 Å². The van der Waals surface area contributed by atoms with E-state index in [2.05, 4.69) is 132 Å². The molecule has 0 aliphatic rings. The minimum absolute atomic E-state index is 0.176. The van der Waals surface area contributed by atoms with Crippen molar-refractivity contribution in [3.8, 4) is 0 Å². The van der Waals surface area contributed by atoms with Gasteiger partial charge in [0, 0.05) is 0 Å². The van der Waals surface area contributed by atoms with E-state index in [1.54, 1.807) is 0 Å². The molecular formula is C34H52. The predicted octanol–water partition coefficient (Wildman–Crippen LogP) is 10.9. The van der Waals surface area contributed by atoms with Crippen molar-refractivity contribution >= 4 is 0 Å². The average molecular weight is 461 g/mol. The van der Waals surface area contributed by atoms with E-state index in [0.717, 1.165) is 0 Å². The van der Waals surface area contributed by atoms with Gasteiger partial charge in [-0.3, -0.25) is 0 Å². The van der Waals surface area contributed by atoms with Gasteiger partial charge in [-0.1, -0.05) is 191 Å². The van der Waals surface area contributed by atoms with Crippen LogP contribution in [0, 0.1) is 21.7 Å². The normalized spacial score (nSPS) is 14.8. The van der Waals surface area contributed by atoms with E-state index in [-0.39, 0.29) is 21.7 Å². The maximum atomic E-state index is 2.28. The number of hydrogen-bond acceptors (Lipinski definition) is 0. The molecule has 0 rings (SSSR count). The highest BCUT2D eigenvalue weighted by molar-refractivity contribution is 5.27. The summed E-state index contributed by atoms with van der Waals surface area (Å²) < 4.78 is 0. The lowest BCUT2D eigenvalue weighted by Gasteiger charge is -2.33. The highest BCUT2D eigenvalue weighted by atomic mass is 14.3. The van der Waals surface area contributed by atoms with E-state index in [4.69, 9.17) is 0 Å². The molecule has 188 valence electrons. The monoisotopic (exact) mass is 460 g/mol. The van der Waals surface area contributed by atoms with Crippen molar-refractivity contribution in [1.29, 1.82) is 0 Å². The average Bonchev–Trinajstić information content (AvgIpc) is 2.62. The predicted molar refractivity (Wildman–Crippen MR) is 158 cm³/mol. The molecular weight excluding hydrogens is 408 g/mol. The van der Waals surface area contributed by atoms with Crippen LogP contribution in [0.1, 0.15) is 83.1 Å². The van der Waals surface area contributed by atoms with Gasteiger partial charge >= 0.3 is 0 Å². The fourth-order valence-corrected chi connectivity index (χ4v) is 4.32. The lowest BCUT2D eigenvalue weighted by molar-refractivity contribution is 0.362. The first kappa shape index (κ1) is 31.7. The Morgan fingerprint density at radius 1 is 0.265 bits per heavy atom. The van der Waals surface area contributed by atoms with Crippen molar-refractivity contribution in [3.05, 3.63) is 108 Å². The Labute approximate surface area is 213 Å². The van der Waals surface area contributed by atoms with Crippen LogP contribution in [0.2, 0.25) is 0 Å². The zero-order valence-electron chi connectivity index (χ0n) is 24.2. The van der Waals surface area contributed by atoms with E-state index in [0.29, 0.717) is 0 Å². The van der Waals surface area contributed by atoms with Crippen LogP contribution < -0.4 is 0 Å². The van der Waals surface area contributed by atoms with E-state index in [1.165, 1.54) is 11.1 Å². The molecule has 0 atom stereocenters. The van der Waals surface area contributed by atoms with E-state index < -0.39 is 0 Å². The third-order valence-electron chi connectivity index (χ3n) is 5.20. The molecule has 0 aromatic rings. The third kappa shape index (κ3) is 14.7. The zero-order chi connectivity index (χ0) is 26.5. The van der Waals surface area contributed by atoms with Crippen LogP contribution in [0.15, 0.2) is 108 Å². The van der Waals surface area contributed by atoms with Gasteiger partial charge in [-0.25, -0.2) is 0 Å². The number of hydrogen-bond donors (Lipinski definition) is 0. The van der Waals surface area contributed by atoms with Gasteiger partial charge in [0.25, 0.3) is 0 Å². The van der Waals surface area contributed by atoms with Gasteiger partial charge in [-0.2, -0.15) is 0 Å². The maximum Gasteiger partial charge on any atom is -0.0165 e. The van der Waals surface area contributed by atoms with Crippen LogP contribution in [0.25, 0.3) is 0 Å². The summed E-state index contributed by atoms with van der Waals surface area (Å²) in [4.78, 5) is 0. The van der Waals surface area contributed by atoms with Crippen molar-refractivity contribution in [1.82, 2.24) is 0 Å². The zero-order valence-corrected chi connectivity index (χ0v) is 24.2. The molecule has 0 fully saturated rings. The molecule has 0 N–H and O–H groups in total. The smallest absolute Gasteiger partial charge is 0.0165 e. The Kier molecular flexibility index (Phi) is 13.2. The SMILES string of the molecule is CC(C)(C)C(=C/C=C/C=C/C=C/C=C/C=C/C=C/C=C/C=C(C(C)(C)C)C(C)(C)C)C(C)(C)C. The minimum atomic E-state index is 0.176. The van der Waals surface area contributed by atoms with Gasteiger partial charge in [-0.05, 0) is 21.7 Å². The summed E-state index contributed by atoms with van der Waals surface area (Å²) in [5.74, 6) is 0. The summed E-state index contributed by atoms with van der Waals surface area (Å²) in [7, 11) is 0. The second-order valence-corrected chi connectivity index (χ2v) is 12.9. The first-order valence-electron chi connectivity index (χ1n) is 12.6. The van der Waals surface area contributed by atoms with E-state index >= 15 is 0 Å². The molecule has 0 aromatic carbocycles. The van der Waals surface area contributed by atoms with Crippen LogP contribution in [0.3, 0.4) is 0 Å². The lowest BCUT2D eigenvalue weighted by atomic mass is 9.72. The maximum absolute atomic E-state index is 2.28. The second-order valence-electron chi connectivity index (χ2n) is 12.9. The van der Waals surface area contributed by atoms with Gasteiger partial charge in [0.15, 0.2) is 0 Å². The summed E-state index contributed by atoms with van der Waals surface area (Å²) in [6, 6.07) is 0. The molecule has 0 spiro atoms. The largest absolute Gasteiger partial charge is 0.0623 e. The third-order valence-corrected chi connectivity index (χ3v) is 5.20. The summed E-state index contributed by atoms with van der Waals surface area (Å²) in [5.41, 5.74) is 3.61. The van der Waals surface area contributed by atoms with Crippen molar-refractivity contribution in [2.45, 2.75) is 83.1 Å². The van der Waals surface area contributed by atoms with Crippen molar-refractivity contribution in [3.63, 3.8) is 0 Å². The highest BCUT2D eigenvalue weighted by Crippen LogP contribution is 2.39. The van der Waals surface area contributed by atoms with Gasteiger partial charge < -0.3 is 0 Å². The van der Waals surface area contributed by atoms with E-state index in [9.17, 15) is 0 Å². The number of allylic oxidation sites excluding steroid dienone is 18. The van der Waals surface area contributed by atoms with Crippen LogP contribution in [-0.4, -0.2) is 0 Å². The summed E-state index contributed by atoms with van der Waals surface area (Å²) in [6.07, 6.45) is 33.4. The fraction of sp³-hybridized carbons (Fsp3) is 0.471. The van der Waals surface area contributed by atoms with Crippen LogP contribution in [-0.2, 0) is 0 Å². The standard InChI is InChI=1S/C34H52/c1-31(2,3)29(32(4,5)6)27-25-23-21-19-17-15-13-14-16-18-20-22-24-26-28-30(33(7,8)9)34(10,11)12/h13-28H,1-12H3/b14-13+,17-15+,18-16+,21-19+,22-20+,25-23+,26-24+. The molecule has 0 aliphatic heterocycles. The van der Waals surface area contributed by atoms with E-state index in [1.807, 2.05) is 48.6 Å². The lowest BCUT2D eigenvalue weighted by Crippen LogP contribution is -2.22. The molecule has 0 unspecified atom stereocenters. The van der Waals surface area contributed by atoms with Crippen molar-refractivity contribution in [2.75, 3.05) is 0 Å². The molecule has 0 amide bonds. The Morgan fingerprint density at radius 3 is 0.559 bits per heavy atom. The van der Waals surface area contributed by atoms with Crippen LogP contribution in [0.4, 0.5) is 0 Å². The Hall–Kier alpha value is -2.34. The molecule has 0 nitrogen and oxygen atoms in total. The van der Waals surface area contributed by atoms with Crippen molar-refractivity contribution in [2.24, 2.45) is 21.7 Å². The molecule has 0 heterocycles. The quantitative estimate of drug-likeness (QED) is 0.316. The Balaban J connectivity index is 4.66. The van der Waals surface area contributed by atoms with Gasteiger partial charge in [0.05, 0.1) is 0 Å². The summed E-state index contributed by atoms with van der Waals surface area (Å²) >= 11 is 0. The van der Waals surface area contributed by atoms with Crippen molar-refractivity contribution < 1.29 is 0 Å². The molecule has 0 saturated heterocycles. The molecule has 0 aliphatic carbocycles. The molecule has 0 saturated carbocycles. The second kappa shape index (κ2) is 14.1. The first-order valence-corrected chi connectivity index (χ1v) is 12.6. The van der Waals surface area contributed by atoms with Crippen LogP contribution in [0.5, 0.6) is 0 Å². The fourth-order valence-electron chi connectivity index (χ4n) is 4.32. The highest BCUT2D eigenvalue weighted by Gasteiger charge is 2.27. The minimum Gasteiger partial charge on any atom is -0.0623 e. The van der Waals surface area contributed by atoms with Gasteiger partial charge in [0.2, 0.25) is 0 Å². The molecule has 0 heteroatoms. The molecule has 0 bridgehead atoms.